The number of ether oxygens (including phenoxy) is 1. The Morgan fingerprint density at radius 1 is 0.917 bits per heavy atom. The topological polar surface area (TPSA) is 145 Å². The molecule has 4 N–H and O–H groups in total. The predicted molar refractivity (Wildman–Crippen MR) is 132 cm³/mol. The first-order valence-corrected chi connectivity index (χ1v) is 11.5. The monoisotopic (exact) mass is 499 g/mol. The van der Waals surface area contributed by atoms with Crippen molar-refractivity contribution in [2.45, 2.75) is 51.9 Å². The highest BCUT2D eigenvalue weighted by Crippen LogP contribution is 2.13. The number of aromatic hydroxyl groups is 1. The van der Waals surface area contributed by atoms with Gasteiger partial charge in [0.25, 0.3) is 0 Å². The fourth-order valence-electron chi connectivity index (χ4n) is 3.33. The molecule has 0 fully saturated rings. The van der Waals surface area contributed by atoms with Crippen LogP contribution in [0.25, 0.3) is 0 Å². The van der Waals surface area contributed by atoms with E-state index in [1.165, 1.54) is 26.1 Å². The Kier molecular flexibility index (Phi) is 10.3. The lowest BCUT2D eigenvalue weighted by molar-refractivity contribution is -0.150. The lowest BCUT2D eigenvalue weighted by Gasteiger charge is -2.30. The van der Waals surface area contributed by atoms with Crippen LogP contribution in [0.1, 0.15) is 31.9 Å². The van der Waals surface area contributed by atoms with Crippen LogP contribution in [-0.4, -0.2) is 64.2 Å². The molecule has 2 aromatic carbocycles. The van der Waals surface area contributed by atoms with Crippen LogP contribution in [0, 0.1) is 5.92 Å². The molecule has 0 spiro atoms. The van der Waals surface area contributed by atoms with E-state index in [-0.39, 0.29) is 24.7 Å². The Bertz CT molecular complexity index is 1040. The smallest absolute Gasteiger partial charge is 0.408 e. The van der Waals surface area contributed by atoms with E-state index in [1.54, 1.807) is 38.1 Å². The lowest BCUT2D eigenvalue weighted by atomic mass is 10.00. The van der Waals surface area contributed by atoms with Gasteiger partial charge in [-0.1, -0.05) is 56.3 Å². The summed E-state index contributed by atoms with van der Waals surface area (Å²) < 4.78 is 5.25. The van der Waals surface area contributed by atoms with E-state index >= 15 is 0 Å². The summed E-state index contributed by atoms with van der Waals surface area (Å²) in [6.07, 6.45) is -0.755. The van der Waals surface area contributed by atoms with Gasteiger partial charge in [-0.15, -0.1) is 0 Å². The average molecular weight is 500 g/mol. The molecule has 0 heterocycles. The molecule has 0 aromatic heterocycles. The van der Waals surface area contributed by atoms with Gasteiger partial charge in [-0.2, -0.15) is 0 Å². The summed E-state index contributed by atoms with van der Waals surface area (Å²) in [5.41, 5.74) is 1.42. The number of amides is 3. The number of rotatable bonds is 11. The van der Waals surface area contributed by atoms with Gasteiger partial charge in [0.05, 0.1) is 0 Å². The van der Waals surface area contributed by atoms with Crippen LogP contribution in [0.4, 0.5) is 4.79 Å². The first kappa shape index (κ1) is 28.2. The van der Waals surface area contributed by atoms with Crippen molar-refractivity contribution < 1.29 is 34.1 Å². The van der Waals surface area contributed by atoms with Crippen molar-refractivity contribution in [2.75, 3.05) is 7.05 Å². The zero-order valence-electron chi connectivity index (χ0n) is 20.8. The first-order valence-electron chi connectivity index (χ1n) is 11.5. The number of carboxylic acids is 1. The zero-order valence-corrected chi connectivity index (χ0v) is 20.8. The number of carbonyl (C=O) groups excluding carboxylic acids is 3. The van der Waals surface area contributed by atoms with Crippen molar-refractivity contribution in [2.24, 2.45) is 5.92 Å². The number of carboxylic acid groups (broad SMARTS) is 1. The molecule has 10 heteroatoms. The number of benzene rings is 2. The largest absolute Gasteiger partial charge is 0.508 e. The summed E-state index contributed by atoms with van der Waals surface area (Å²) in [5.74, 6) is -2.68. The summed E-state index contributed by atoms with van der Waals surface area (Å²) in [6, 6.07) is 12.0. The molecular formula is C26H33N3O7. The van der Waals surface area contributed by atoms with Crippen LogP contribution >= 0.6 is 0 Å². The average Bonchev–Trinajstić information content (AvgIpc) is 2.85. The molecule has 36 heavy (non-hydrogen) atoms. The Hall–Kier alpha value is -4.08. The Balaban J connectivity index is 2.18. The third-order valence-corrected chi connectivity index (χ3v) is 5.71. The number of phenolic OH excluding ortho intramolecular Hbond substituents is 1. The maximum Gasteiger partial charge on any atom is 0.408 e. The van der Waals surface area contributed by atoms with Crippen LogP contribution in [-0.2, 0) is 32.1 Å². The fraction of sp³-hybridized carbons (Fsp3) is 0.385. The third-order valence-electron chi connectivity index (χ3n) is 5.71. The molecule has 0 radical (unpaired) electrons. The summed E-state index contributed by atoms with van der Waals surface area (Å²) in [6.45, 7) is 4.82. The van der Waals surface area contributed by atoms with E-state index in [0.717, 1.165) is 10.5 Å². The quantitative estimate of drug-likeness (QED) is 0.371. The molecule has 194 valence electrons. The van der Waals surface area contributed by atoms with Gasteiger partial charge in [-0.3, -0.25) is 9.59 Å². The molecule has 0 aliphatic heterocycles. The van der Waals surface area contributed by atoms with Gasteiger partial charge in [0.2, 0.25) is 11.8 Å². The molecule has 0 unspecified atom stereocenters. The van der Waals surface area contributed by atoms with Crippen molar-refractivity contribution >= 4 is 23.9 Å². The molecule has 0 aliphatic rings. The number of nitrogens with zero attached hydrogens (tertiary/aromatic N) is 1. The van der Waals surface area contributed by atoms with Gasteiger partial charge in [-0.05, 0) is 36.1 Å². The van der Waals surface area contributed by atoms with E-state index < -0.39 is 42.0 Å². The first-order chi connectivity index (χ1) is 17.0. The number of phenols is 1. The van der Waals surface area contributed by atoms with Crippen molar-refractivity contribution in [3.05, 3.63) is 65.7 Å². The number of hydrogen-bond donors (Lipinski definition) is 4. The maximum atomic E-state index is 13.3. The van der Waals surface area contributed by atoms with E-state index in [9.17, 15) is 29.4 Å². The second-order valence-electron chi connectivity index (χ2n) is 8.82. The number of alkyl carbamates (subject to hydrolysis) is 1. The van der Waals surface area contributed by atoms with Gasteiger partial charge in [0.15, 0.2) is 0 Å². The minimum atomic E-state index is -1.17. The molecule has 0 saturated heterocycles. The highest BCUT2D eigenvalue weighted by Gasteiger charge is 2.33. The number of aliphatic carboxylic acids is 1. The molecular weight excluding hydrogens is 466 g/mol. The van der Waals surface area contributed by atoms with Crippen LogP contribution in [0.15, 0.2) is 54.6 Å². The van der Waals surface area contributed by atoms with E-state index in [4.69, 9.17) is 4.74 Å². The normalized spacial score (nSPS) is 13.2. The SMILES string of the molecule is CC(C)[C@H](NC(=O)[C@H](Cc1ccc(O)cc1)NC(=O)OCc1ccccc1)C(=O)N(C)[C@@H](C)C(=O)O. The van der Waals surface area contributed by atoms with Crippen molar-refractivity contribution in [1.29, 1.82) is 0 Å². The van der Waals surface area contributed by atoms with Crippen LogP contribution in [0.3, 0.4) is 0 Å². The van der Waals surface area contributed by atoms with E-state index in [0.29, 0.717) is 5.56 Å². The van der Waals surface area contributed by atoms with Crippen molar-refractivity contribution in [3.63, 3.8) is 0 Å². The Labute approximate surface area is 210 Å². The molecule has 0 aliphatic carbocycles. The highest BCUT2D eigenvalue weighted by molar-refractivity contribution is 5.93. The molecule has 3 atom stereocenters. The summed E-state index contributed by atoms with van der Waals surface area (Å²) in [5, 5.41) is 24.0. The molecule has 3 amide bonds. The zero-order chi connectivity index (χ0) is 26.8. The standard InChI is InChI=1S/C26H33N3O7/c1-16(2)22(24(32)29(4)17(3)25(33)34)28-23(31)21(14-18-10-12-20(30)13-11-18)27-26(35)36-15-19-8-6-5-7-9-19/h5-13,16-17,21-22,30H,14-15H2,1-4H3,(H,27,35)(H,28,31)(H,33,34)/t17-,21-,22-/m0/s1. The van der Waals surface area contributed by atoms with Gasteiger partial charge < -0.3 is 30.5 Å². The molecule has 2 aromatic rings. The van der Waals surface area contributed by atoms with Crippen LogP contribution in [0.2, 0.25) is 0 Å². The van der Waals surface area contributed by atoms with E-state index in [1.807, 2.05) is 18.2 Å². The van der Waals surface area contributed by atoms with Crippen LogP contribution in [0.5, 0.6) is 5.75 Å². The minimum absolute atomic E-state index is 0.00516. The molecule has 10 nitrogen and oxygen atoms in total. The van der Waals surface area contributed by atoms with E-state index in [2.05, 4.69) is 10.6 Å². The number of likely N-dealkylation sites (N-methyl/N-ethyl adjacent to an activating group) is 1. The Morgan fingerprint density at radius 2 is 1.53 bits per heavy atom. The third kappa shape index (κ3) is 8.30. The van der Waals surface area contributed by atoms with Crippen molar-refractivity contribution in [3.8, 4) is 5.75 Å². The molecule has 0 bridgehead atoms. The number of nitrogens with one attached hydrogen (secondary N) is 2. The second-order valence-corrected chi connectivity index (χ2v) is 8.82. The number of carbonyl (C=O) groups is 4. The highest BCUT2D eigenvalue weighted by atomic mass is 16.5. The van der Waals surface area contributed by atoms with Gasteiger partial charge in [0.1, 0.15) is 30.5 Å². The maximum absolute atomic E-state index is 13.3. The van der Waals surface area contributed by atoms with Gasteiger partial charge >= 0.3 is 12.1 Å². The molecule has 2 rings (SSSR count). The van der Waals surface area contributed by atoms with Gasteiger partial charge in [0, 0.05) is 13.5 Å². The van der Waals surface area contributed by atoms with Crippen LogP contribution < -0.4 is 10.6 Å². The summed E-state index contributed by atoms with van der Waals surface area (Å²) in [4.78, 5) is 51.1. The van der Waals surface area contributed by atoms with Crippen molar-refractivity contribution in [1.82, 2.24) is 15.5 Å². The summed E-state index contributed by atoms with van der Waals surface area (Å²) >= 11 is 0. The Morgan fingerprint density at radius 3 is 2.08 bits per heavy atom. The predicted octanol–water partition coefficient (Wildman–Crippen LogP) is 2.30. The summed E-state index contributed by atoms with van der Waals surface area (Å²) in [7, 11) is 1.36. The lowest BCUT2D eigenvalue weighted by Crippen LogP contribution is -2.57. The number of hydrogen-bond acceptors (Lipinski definition) is 6. The fourth-order valence-corrected chi connectivity index (χ4v) is 3.33. The van der Waals surface area contributed by atoms with Gasteiger partial charge in [-0.25, -0.2) is 9.59 Å². The molecule has 0 saturated carbocycles. The second kappa shape index (κ2) is 13.1. The minimum Gasteiger partial charge on any atom is -0.508 e.